The number of nitrogens with zero attached hydrogens (tertiary/aromatic N) is 2. The van der Waals surface area contributed by atoms with E-state index >= 15 is 0 Å². The number of carbonyl (C=O) groups is 1. The van der Waals surface area contributed by atoms with E-state index in [0.29, 0.717) is 6.54 Å². The van der Waals surface area contributed by atoms with Gasteiger partial charge in [-0.1, -0.05) is 26.7 Å². The summed E-state index contributed by atoms with van der Waals surface area (Å²) in [5.74, 6) is 0.268. The van der Waals surface area contributed by atoms with Gasteiger partial charge in [-0.3, -0.25) is 9.69 Å². The second kappa shape index (κ2) is 5.67. The highest BCUT2D eigenvalue weighted by atomic mass is 16.2. The van der Waals surface area contributed by atoms with Gasteiger partial charge in [0, 0.05) is 25.7 Å². The summed E-state index contributed by atoms with van der Waals surface area (Å²) in [5.41, 5.74) is 0.223. The molecule has 1 aliphatic rings. The smallest absolute Gasteiger partial charge is 0.236 e. The minimum atomic E-state index is 0.223. The molecule has 1 heterocycles. The Balaban J connectivity index is 2.68. The van der Waals surface area contributed by atoms with Gasteiger partial charge in [-0.15, -0.1) is 0 Å². The molecule has 1 rings (SSSR count). The molecule has 1 aliphatic heterocycles. The average molecular weight is 226 g/mol. The summed E-state index contributed by atoms with van der Waals surface area (Å²) in [6.07, 6.45) is 4.77. The van der Waals surface area contributed by atoms with Crippen LogP contribution in [-0.2, 0) is 4.79 Å². The van der Waals surface area contributed by atoms with Crippen molar-refractivity contribution in [2.75, 3.05) is 26.7 Å². The molecule has 16 heavy (non-hydrogen) atoms. The maximum atomic E-state index is 11.7. The third-order valence-electron chi connectivity index (χ3n) is 3.80. The minimum Gasteiger partial charge on any atom is -0.343 e. The van der Waals surface area contributed by atoms with E-state index in [0.717, 1.165) is 13.1 Å². The normalized spacial score (nSPS) is 19.2. The molecule has 0 spiro atoms. The lowest BCUT2D eigenvalue weighted by molar-refractivity contribution is -0.137. The largest absolute Gasteiger partial charge is 0.343 e. The first-order valence-corrected chi connectivity index (χ1v) is 6.52. The molecule has 0 aromatic rings. The number of rotatable bonds is 5. The predicted octanol–water partition coefficient (Wildman–Crippen LogP) is 2.12. The van der Waals surface area contributed by atoms with Gasteiger partial charge in [0.1, 0.15) is 0 Å². The van der Waals surface area contributed by atoms with Crippen LogP contribution in [0.3, 0.4) is 0 Å². The molecule has 0 radical (unpaired) electrons. The van der Waals surface area contributed by atoms with E-state index in [2.05, 4.69) is 25.7 Å². The molecule has 3 heteroatoms. The number of likely N-dealkylation sites (N-methyl/N-ethyl adjacent to an activating group) is 1. The zero-order chi connectivity index (χ0) is 12.2. The van der Waals surface area contributed by atoms with E-state index in [1.807, 2.05) is 11.9 Å². The number of carbonyl (C=O) groups excluding carboxylic acids is 1. The van der Waals surface area contributed by atoms with Gasteiger partial charge in [0.05, 0.1) is 6.54 Å². The lowest BCUT2D eigenvalue weighted by Gasteiger charge is -2.45. The van der Waals surface area contributed by atoms with Crippen LogP contribution in [0.15, 0.2) is 0 Å². The predicted molar refractivity (Wildman–Crippen MR) is 67.4 cm³/mol. The van der Waals surface area contributed by atoms with Crippen molar-refractivity contribution in [2.45, 2.75) is 52.0 Å². The van der Waals surface area contributed by atoms with E-state index in [-0.39, 0.29) is 11.4 Å². The maximum absolute atomic E-state index is 11.7. The van der Waals surface area contributed by atoms with Gasteiger partial charge in [0.2, 0.25) is 5.91 Å². The molecule has 1 saturated heterocycles. The third kappa shape index (κ3) is 2.97. The molecular weight excluding hydrogens is 200 g/mol. The average Bonchev–Trinajstić information content (AvgIpc) is 2.22. The van der Waals surface area contributed by atoms with E-state index in [1.54, 1.807) is 0 Å². The molecule has 0 unspecified atom stereocenters. The Morgan fingerprint density at radius 1 is 1.19 bits per heavy atom. The van der Waals surface area contributed by atoms with Crippen molar-refractivity contribution in [1.29, 1.82) is 0 Å². The number of hydrogen-bond donors (Lipinski definition) is 0. The summed E-state index contributed by atoms with van der Waals surface area (Å²) in [4.78, 5) is 16.0. The van der Waals surface area contributed by atoms with E-state index < -0.39 is 0 Å². The van der Waals surface area contributed by atoms with Crippen LogP contribution in [0.5, 0.6) is 0 Å². The molecule has 1 fully saturated rings. The van der Waals surface area contributed by atoms with E-state index in [1.165, 1.54) is 25.7 Å². The van der Waals surface area contributed by atoms with Crippen LogP contribution in [0.25, 0.3) is 0 Å². The van der Waals surface area contributed by atoms with Gasteiger partial charge >= 0.3 is 0 Å². The summed E-state index contributed by atoms with van der Waals surface area (Å²) in [6.45, 7) is 9.28. The first-order chi connectivity index (χ1) is 7.53. The van der Waals surface area contributed by atoms with Gasteiger partial charge in [-0.2, -0.15) is 0 Å². The van der Waals surface area contributed by atoms with E-state index in [9.17, 15) is 4.79 Å². The van der Waals surface area contributed by atoms with Crippen molar-refractivity contribution in [3.05, 3.63) is 0 Å². The quantitative estimate of drug-likeness (QED) is 0.717. The van der Waals surface area contributed by atoms with Crippen LogP contribution in [0.2, 0.25) is 0 Å². The summed E-state index contributed by atoms with van der Waals surface area (Å²) >= 11 is 0. The van der Waals surface area contributed by atoms with Crippen LogP contribution in [0, 0.1) is 0 Å². The van der Waals surface area contributed by atoms with Gasteiger partial charge in [0.15, 0.2) is 0 Å². The van der Waals surface area contributed by atoms with Crippen molar-refractivity contribution < 1.29 is 4.79 Å². The Bertz CT molecular complexity index is 234. The Hall–Kier alpha value is -0.570. The Morgan fingerprint density at radius 2 is 1.75 bits per heavy atom. The molecule has 0 aromatic carbocycles. The van der Waals surface area contributed by atoms with Crippen molar-refractivity contribution in [1.82, 2.24) is 9.80 Å². The Morgan fingerprint density at radius 3 is 2.19 bits per heavy atom. The van der Waals surface area contributed by atoms with Crippen LogP contribution in [0.1, 0.15) is 46.5 Å². The van der Waals surface area contributed by atoms with Gasteiger partial charge in [-0.05, 0) is 19.8 Å². The lowest BCUT2D eigenvalue weighted by Crippen LogP contribution is -2.57. The zero-order valence-corrected chi connectivity index (χ0v) is 11.3. The maximum Gasteiger partial charge on any atom is 0.236 e. The molecule has 0 atom stereocenters. The Kier molecular flexibility index (Phi) is 4.78. The number of amides is 1. The fraction of sp³-hybridized carbons (Fsp3) is 0.923. The van der Waals surface area contributed by atoms with Gasteiger partial charge in [-0.25, -0.2) is 0 Å². The Labute approximate surface area is 99.8 Å². The summed E-state index contributed by atoms with van der Waals surface area (Å²) in [6, 6.07) is 0. The van der Waals surface area contributed by atoms with Gasteiger partial charge in [0.25, 0.3) is 0 Å². The summed E-state index contributed by atoms with van der Waals surface area (Å²) in [5, 5.41) is 0. The molecule has 0 saturated carbocycles. The number of piperazine rings is 1. The molecule has 0 bridgehead atoms. The number of hydrogen-bond acceptors (Lipinski definition) is 2. The SMILES string of the molecule is CCCC(C)(CCC)N1CCN(C)C(=O)C1. The van der Waals surface area contributed by atoms with Crippen molar-refractivity contribution in [2.24, 2.45) is 0 Å². The molecular formula is C13H26N2O. The molecule has 3 nitrogen and oxygen atoms in total. The zero-order valence-electron chi connectivity index (χ0n) is 11.3. The lowest BCUT2D eigenvalue weighted by atomic mass is 9.88. The monoisotopic (exact) mass is 226 g/mol. The minimum absolute atomic E-state index is 0.223. The third-order valence-corrected chi connectivity index (χ3v) is 3.80. The summed E-state index contributed by atoms with van der Waals surface area (Å²) in [7, 11) is 1.90. The fourth-order valence-electron chi connectivity index (χ4n) is 2.74. The fourth-order valence-corrected chi connectivity index (χ4v) is 2.74. The molecule has 94 valence electrons. The first-order valence-electron chi connectivity index (χ1n) is 6.52. The standard InChI is InChI=1S/C13H26N2O/c1-5-7-13(3,8-6-2)15-10-9-14(4)12(16)11-15/h5-11H2,1-4H3. The van der Waals surface area contributed by atoms with Crippen LogP contribution < -0.4 is 0 Å². The molecule has 0 N–H and O–H groups in total. The first kappa shape index (κ1) is 13.5. The van der Waals surface area contributed by atoms with E-state index in [4.69, 9.17) is 0 Å². The van der Waals surface area contributed by atoms with Crippen LogP contribution in [-0.4, -0.2) is 47.9 Å². The molecule has 0 aromatic heterocycles. The highest BCUT2D eigenvalue weighted by Gasteiger charge is 2.34. The summed E-state index contributed by atoms with van der Waals surface area (Å²) < 4.78 is 0. The topological polar surface area (TPSA) is 23.6 Å². The molecule has 1 amide bonds. The highest BCUT2D eigenvalue weighted by molar-refractivity contribution is 5.78. The van der Waals surface area contributed by atoms with Gasteiger partial charge < -0.3 is 4.90 Å². The second-order valence-corrected chi connectivity index (χ2v) is 5.23. The highest BCUT2D eigenvalue weighted by Crippen LogP contribution is 2.27. The van der Waals surface area contributed by atoms with Crippen LogP contribution in [0.4, 0.5) is 0 Å². The van der Waals surface area contributed by atoms with Crippen molar-refractivity contribution in [3.63, 3.8) is 0 Å². The second-order valence-electron chi connectivity index (χ2n) is 5.23. The van der Waals surface area contributed by atoms with Crippen molar-refractivity contribution >= 4 is 5.91 Å². The van der Waals surface area contributed by atoms with Crippen LogP contribution >= 0.6 is 0 Å². The molecule has 0 aliphatic carbocycles. The van der Waals surface area contributed by atoms with Crippen molar-refractivity contribution in [3.8, 4) is 0 Å².